The van der Waals surface area contributed by atoms with E-state index in [9.17, 15) is 4.79 Å². The van der Waals surface area contributed by atoms with Gasteiger partial charge in [0.2, 0.25) is 0 Å². The highest BCUT2D eigenvalue weighted by Crippen LogP contribution is 2.32. The van der Waals surface area contributed by atoms with Crippen LogP contribution in [0, 0.1) is 5.92 Å². The van der Waals surface area contributed by atoms with Crippen LogP contribution in [0.5, 0.6) is 0 Å². The molecular formula is C14H13Cl2N3O2. The average molecular weight is 326 g/mol. The second kappa shape index (κ2) is 5.66. The van der Waals surface area contributed by atoms with Crippen molar-refractivity contribution in [1.29, 1.82) is 0 Å². The van der Waals surface area contributed by atoms with Crippen molar-refractivity contribution in [2.24, 2.45) is 5.92 Å². The average Bonchev–Trinajstić information content (AvgIpc) is 2.91. The Morgan fingerprint density at radius 3 is 2.95 bits per heavy atom. The molecule has 1 aromatic heterocycles. The van der Waals surface area contributed by atoms with Crippen molar-refractivity contribution in [3.05, 3.63) is 34.1 Å². The number of rotatable bonds is 2. The fourth-order valence-electron chi connectivity index (χ4n) is 2.56. The van der Waals surface area contributed by atoms with Crippen molar-refractivity contribution < 1.29 is 9.53 Å². The number of esters is 1. The van der Waals surface area contributed by atoms with Crippen LogP contribution in [-0.2, 0) is 22.5 Å². The van der Waals surface area contributed by atoms with E-state index in [4.69, 9.17) is 27.9 Å². The number of hydrogen-bond acceptors (Lipinski definition) is 4. The summed E-state index contributed by atoms with van der Waals surface area (Å²) in [7, 11) is 1.40. The van der Waals surface area contributed by atoms with Gasteiger partial charge in [-0.25, -0.2) is 0 Å². The fraction of sp³-hybridized carbons (Fsp3) is 0.357. The molecule has 1 atom stereocenters. The Hall–Kier alpha value is -1.59. The van der Waals surface area contributed by atoms with Gasteiger partial charge < -0.3 is 9.30 Å². The molecule has 0 radical (unpaired) electrons. The van der Waals surface area contributed by atoms with Crippen molar-refractivity contribution >= 4 is 29.2 Å². The van der Waals surface area contributed by atoms with Crippen molar-refractivity contribution in [1.82, 2.24) is 14.8 Å². The number of carbonyl (C=O) groups is 1. The maximum Gasteiger partial charge on any atom is 0.309 e. The van der Waals surface area contributed by atoms with E-state index >= 15 is 0 Å². The minimum absolute atomic E-state index is 0.158. The number of aromatic nitrogens is 3. The van der Waals surface area contributed by atoms with Crippen molar-refractivity contribution in [2.75, 3.05) is 7.11 Å². The maximum atomic E-state index is 11.6. The molecule has 1 aliphatic rings. The lowest BCUT2D eigenvalue weighted by atomic mass is 9.98. The van der Waals surface area contributed by atoms with E-state index in [-0.39, 0.29) is 11.9 Å². The Kier molecular flexibility index (Phi) is 3.87. The first-order valence-electron chi connectivity index (χ1n) is 6.55. The largest absolute Gasteiger partial charge is 0.469 e. The van der Waals surface area contributed by atoms with E-state index in [1.165, 1.54) is 7.11 Å². The molecule has 110 valence electrons. The van der Waals surface area contributed by atoms with Gasteiger partial charge in [0.1, 0.15) is 5.82 Å². The Labute approximate surface area is 131 Å². The predicted octanol–water partition coefficient (Wildman–Crippen LogP) is 2.99. The lowest BCUT2D eigenvalue weighted by Crippen LogP contribution is -2.27. The minimum atomic E-state index is -0.202. The van der Waals surface area contributed by atoms with Gasteiger partial charge in [-0.2, -0.15) is 0 Å². The molecule has 21 heavy (non-hydrogen) atoms. The zero-order chi connectivity index (χ0) is 15.0. The van der Waals surface area contributed by atoms with Gasteiger partial charge in [0.15, 0.2) is 5.82 Å². The summed E-state index contributed by atoms with van der Waals surface area (Å²) in [4.78, 5) is 11.6. The Balaban J connectivity index is 1.97. The molecule has 0 saturated heterocycles. The third kappa shape index (κ3) is 2.63. The Bertz CT molecular complexity index is 700. The van der Waals surface area contributed by atoms with E-state index in [0.717, 1.165) is 11.4 Å². The van der Waals surface area contributed by atoms with E-state index in [2.05, 4.69) is 10.2 Å². The van der Waals surface area contributed by atoms with Crippen LogP contribution in [0.3, 0.4) is 0 Å². The highest BCUT2D eigenvalue weighted by atomic mass is 35.5. The summed E-state index contributed by atoms with van der Waals surface area (Å²) in [5.74, 6) is 1.09. The smallest absolute Gasteiger partial charge is 0.309 e. The predicted molar refractivity (Wildman–Crippen MR) is 79.3 cm³/mol. The number of ether oxygens (including phenoxy) is 1. The summed E-state index contributed by atoms with van der Waals surface area (Å²) in [6.07, 6.45) is 1.22. The van der Waals surface area contributed by atoms with Gasteiger partial charge in [-0.3, -0.25) is 4.79 Å². The molecule has 1 aliphatic heterocycles. The topological polar surface area (TPSA) is 57.0 Å². The van der Waals surface area contributed by atoms with Gasteiger partial charge in [0.05, 0.1) is 18.1 Å². The molecule has 0 N–H and O–H groups in total. The van der Waals surface area contributed by atoms with E-state index in [0.29, 0.717) is 35.3 Å². The first-order chi connectivity index (χ1) is 10.1. The molecule has 3 rings (SSSR count). The summed E-state index contributed by atoms with van der Waals surface area (Å²) in [5, 5.41) is 9.55. The molecule has 5 nitrogen and oxygen atoms in total. The van der Waals surface area contributed by atoms with Gasteiger partial charge in [-0.15, -0.1) is 10.2 Å². The molecule has 0 amide bonds. The van der Waals surface area contributed by atoms with Crippen molar-refractivity contribution in [3.63, 3.8) is 0 Å². The first-order valence-corrected chi connectivity index (χ1v) is 7.31. The molecule has 0 aliphatic carbocycles. The quantitative estimate of drug-likeness (QED) is 0.796. The Morgan fingerprint density at radius 1 is 1.38 bits per heavy atom. The van der Waals surface area contributed by atoms with E-state index in [1.807, 2.05) is 4.57 Å². The molecule has 0 spiro atoms. The first kappa shape index (κ1) is 14.4. The third-order valence-corrected chi connectivity index (χ3v) is 4.23. The van der Waals surface area contributed by atoms with Crippen LogP contribution in [0.4, 0.5) is 0 Å². The SMILES string of the molecule is COC(=O)C1CCn2c(nnc2-c2cc(Cl)ccc2Cl)C1. The molecule has 2 heterocycles. The zero-order valence-electron chi connectivity index (χ0n) is 11.3. The third-order valence-electron chi connectivity index (χ3n) is 3.66. The van der Waals surface area contributed by atoms with Gasteiger partial charge in [0, 0.05) is 23.6 Å². The number of halogens is 2. The fourth-order valence-corrected chi connectivity index (χ4v) is 2.94. The lowest BCUT2D eigenvalue weighted by molar-refractivity contribution is -0.146. The zero-order valence-corrected chi connectivity index (χ0v) is 12.9. The molecule has 0 bridgehead atoms. The van der Waals surface area contributed by atoms with Gasteiger partial charge >= 0.3 is 5.97 Å². The number of nitrogens with zero attached hydrogens (tertiary/aromatic N) is 3. The van der Waals surface area contributed by atoms with Crippen LogP contribution in [0.1, 0.15) is 12.2 Å². The van der Waals surface area contributed by atoms with Gasteiger partial charge in [-0.1, -0.05) is 23.2 Å². The number of fused-ring (bicyclic) bond motifs is 1. The molecule has 2 aromatic rings. The molecular weight excluding hydrogens is 313 g/mol. The van der Waals surface area contributed by atoms with Crippen molar-refractivity contribution in [2.45, 2.75) is 19.4 Å². The normalized spacial score (nSPS) is 17.4. The molecule has 1 aromatic carbocycles. The Morgan fingerprint density at radius 2 is 2.19 bits per heavy atom. The lowest BCUT2D eigenvalue weighted by Gasteiger charge is -2.21. The standard InChI is InChI=1S/C14H13Cl2N3O2/c1-21-14(20)8-4-5-19-12(6-8)17-18-13(19)10-7-9(15)2-3-11(10)16/h2-3,7-8H,4-6H2,1H3. The number of hydrogen-bond donors (Lipinski definition) is 0. The summed E-state index contributed by atoms with van der Waals surface area (Å²) < 4.78 is 6.78. The molecule has 0 saturated carbocycles. The summed E-state index contributed by atoms with van der Waals surface area (Å²) in [6, 6.07) is 5.24. The molecule has 1 unspecified atom stereocenters. The molecule has 0 fully saturated rings. The van der Waals surface area contributed by atoms with Crippen LogP contribution in [0.2, 0.25) is 10.0 Å². The van der Waals surface area contributed by atoms with Gasteiger partial charge in [-0.05, 0) is 24.6 Å². The number of carbonyl (C=O) groups excluding carboxylic acids is 1. The van der Waals surface area contributed by atoms with Crippen LogP contribution < -0.4 is 0 Å². The minimum Gasteiger partial charge on any atom is -0.469 e. The number of benzene rings is 1. The molecule has 7 heteroatoms. The van der Waals surface area contributed by atoms with Crippen LogP contribution in [-0.4, -0.2) is 27.8 Å². The van der Waals surface area contributed by atoms with Crippen LogP contribution in [0.25, 0.3) is 11.4 Å². The highest BCUT2D eigenvalue weighted by Gasteiger charge is 2.29. The van der Waals surface area contributed by atoms with Gasteiger partial charge in [0.25, 0.3) is 0 Å². The monoisotopic (exact) mass is 325 g/mol. The van der Waals surface area contributed by atoms with Crippen molar-refractivity contribution in [3.8, 4) is 11.4 Å². The summed E-state index contributed by atoms with van der Waals surface area (Å²) >= 11 is 12.2. The number of methoxy groups -OCH3 is 1. The van der Waals surface area contributed by atoms with Crippen LogP contribution in [0.15, 0.2) is 18.2 Å². The van der Waals surface area contributed by atoms with E-state index < -0.39 is 0 Å². The second-order valence-corrected chi connectivity index (χ2v) is 5.77. The summed E-state index contributed by atoms with van der Waals surface area (Å²) in [6.45, 7) is 0.653. The van der Waals surface area contributed by atoms with Crippen LogP contribution >= 0.6 is 23.2 Å². The summed E-state index contributed by atoms with van der Waals surface area (Å²) in [5.41, 5.74) is 0.749. The maximum absolute atomic E-state index is 11.6. The highest BCUT2D eigenvalue weighted by molar-refractivity contribution is 6.35. The van der Waals surface area contributed by atoms with E-state index in [1.54, 1.807) is 18.2 Å². The second-order valence-electron chi connectivity index (χ2n) is 4.93.